The Morgan fingerprint density at radius 2 is 2.09 bits per heavy atom. The summed E-state index contributed by atoms with van der Waals surface area (Å²) >= 11 is 0. The lowest BCUT2D eigenvalue weighted by Gasteiger charge is -2.32. The second-order valence-corrected chi connectivity index (χ2v) is 5.83. The number of benzene rings is 2. The molecule has 0 aromatic heterocycles. The van der Waals surface area contributed by atoms with Crippen molar-refractivity contribution in [3.63, 3.8) is 0 Å². The summed E-state index contributed by atoms with van der Waals surface area (Å²) in [6, 6.07) is 4.73. The van der Waals surface area contributed by atoms with E-state index in [0.717, 1.165) is 0 Å². The van der Waals surface area contributed by atoms with Gasteiger partial charge in [-0.3, -0.25) is 14.9 Å². The van der Waals surface area contributed by atoms with Crippen LogP contribution in [-0.2, 0) is 5.60 Å². The molecule has 0 spiro atoms. The van der Waals surface area contributed by atoms with Gasteiger partial charge in [-0.25, -0.2) is 0 Å². The summed E-state index contributed by atoms with van der Waals surface area (Å²) in [5, 5.41) is 22.8. The van der Waals surface area contributed by atoms with Crippen LogP contribution in [0.2, 0.25) is 0 Å². The number of non-ortho nitro benzene ring substituents is 1. The molecule has 0 saturated heterocycles. The Kier molecular flexibility index (Phi) is 2.97. The molecule has 6 nitrogen and oxygen atoms in total. The molecule has 0 fully saturated rings. The van der Waals surface area contributed by atoms with Crippen molar-refractivity contribution < 1.29 is 19.6 Å². The van der Waals surface area contributed by atoms with Crippen molar-refractivity contribution in [2.24, 2.45) is 0 Å². The van der Waals surface area contributed by atoms with Crippen LogP contribution in [0, 0.1) is 17.0 Å². The van der Waals surface area contributed by atoms with E-state index in [2.05, 4.69) is 0 Å². The number of nitrogens with zero attached hydrogens (tertiary/aromatic N) is 1. The van der Waals surface area contributed by atoms with Gasteiger partial charge in [0.15, 0.2) is 5.78 Å². The van der Waals surface area contributed by atoms with E-state index < -0.39 is 10.5 Å². The molecule has 6 heteroatoms. The summed E-state index contributed by atoms with van der Waals surface area (Å²) in [6.07, 6.45) is 0. The Morgan fingerprint density at radius 1 is 1.41 bits per heavy atom. The third kappa shape index (κ3) is 1.88. The van der Waals surface area contributed by atoms with E-state index >= 15 is 0 Å². The quantitative estimate of drug-likeness (QED) is 0.523. The van der Waals surface area contributed by atoms with Gasteiger partial charge in [0.1, 0.15) is 18.0 Å². The minimum atomic E-state index is -1.26. The summed E-state index contributed by atoms with van der Waals surface area (Å²) in [6.45, 7) is 4.68. The minimum absolute atomic E-state index is 0.00372. The number of rotatable bonds is 2. The fourth-order valence-electron chi connectivity index (χ4n) is 2.98. The first-order valence-corrected chi connectivity index (χ1v) is 6.85. The van der Waals surface area contributed by atoms with Crippen LogP contribution in [0.1, 0.15) is 35.3 Å². The van der Waals surface area contributed by atoms with Crippen molar-refractivity contribution >= 4 is 22.2 Å². The average Bonchev–Trinajstić information content (AvgIpc) is 2.43. The minimum Gasteiger partial charge on any atom is -0.489 e. The van der Waals surface area contributed by atoms with E-state index in [-0.39, 0.29) is 23.6 Å². The molecule has 1 atom stereocenters. The van der Waals surface area contributed by atoms with Crippen LogP contribution in [0.25, 0.3) is 10.8 Å². The molecule has 0 bridgehead atoms. The molecule has 0 saturated carbocycles. The van der Waals surface area contributed by atoms with Gasteiger partial charge in [-0.2, -0.15) is 0 Å². The Bertz CT molecular complexity index is 838. The Labute approximate surface area is 126 Å². The van der Waals surface area contributed by atoms with E-state index in [1.807, 2.05) is 0 Å². The normalized spacial score (nSPS) is 19.8. The first-order valence-electron chi connectivity index (χ1n) is 6.85. The van der Waals surface area contributed by atoms with Gasteiger partial charge in [0, 0.05) is 11.5 Å². The van der Waals surface area contributed by atoms with Crippen LogP contribution in [-0.4, -0.2) is 22.4 Å². The monoisotopic (exact) mass is 301 g/mol. The molecule has 2 aromatic carbocycles. The zero-order valence-electron chi connectivity index (χ0n) is 12.5. The molecule has 0 aliphatic carbocycles. The van der Waals surface area contributed by atoms with Crippen molar-refractivity contribution in [3.05, 3.63) is 45.0 Å². The Balaban J connectivity index is 2.59. The Morgan fingerprint density at radius 3 is 2.68 bits per heavy atom. The molecule has 22 heavy (non-hydrogen) atoms. The standard InChI is InChI=1S/C16H15NO5/c1-8-4-5-11-14-13(8)12(17(20)21)6-10(9(2)18)15(14)22-7-16(11,3)19/h4-6,19H,7H2,1-3H3. The maximum absolute atomic E-state index is 11.9. The van der Waals surface area contributed by atoms with Crippen molar-refractivity contribution in [2.45, 2.75) is 26.4 Å². The number of carbonyl (C=O) groups excluding carboxylic acids is 1. The first kappa shape index (κ1) is 14.5. The number of ketones is 1. The molecule has 1 N–H and O–H groups in total. The van der Waals surface area contributed by atoms with Crippen molar-refractivity contribution in [1.82, 2.24) is 0 Å². The zero-order chi connectivity index (χ0) is 16.2. The number of carbonyl (C=O) groups is 1. The average molecular weight is 301 g/mol. The van der Waals surface area contributed by atoms with E-state index in [0.29, 0.717) is 27.6 Å². The summed E-state index contributed by atoms with van der Waals surface area (Å²) < 4.78 is 5.60. The number of hydrogen-bond donors (Lipinski definition) is 1. The molecule has 1 heterocycles. The molecule has 1 unspecified atom stereocenters. The molecule has 1 aliphatic heterocycles. The molecular weight excluding hydrogens is 286 g/mol. The van der Waals surface area contributed by atoms with Crippen molar-refractivity contribution in [3.8, 4) is 5.75 Å². The van der Waals surface area contributed by atoms with Gasteiger partial charge in [0.25, 0.3) is 5.69 Å². The number of aryl methyl sites for hydroxylation is 1. The van der Waals surface area contributed by atoms with Gasteiger partial charge < -0.3 is 9.84 Å². The fourth-order valence-corrected chi connectivity index (χ4v) is 2.98. The van der Waals surface area contributed by atoms with Crippen molar-refractivity contribution in [2.75, 3.05) is 6.61 Å². The van der Waals surface area contributed by atoms with Crippen LogP contribution in [0.15, 0.2) is 18.2 Å². The maximum atomic E-state index is 11.9. The van der Waals surface area contributed by atoms with Crippen molar-refractivity contribution in [1.29, 1.82) is 0 Å². The SMILES string of the molecule is CC(=O)c1cc([N+](=O)[O-])c2c(C)ccc3c2c1OCC3(C)O. The molecular formula is C16H15NO5. The lowest BCUT2D eigenvalue weighted by atomic mass is 9.85. The van der Waals surface area contributed by atoms with Gasteiger partial charge in [-0.05, 0) is 31.9 Å². The lowest BCUT2D eigenvalue weighted by Crippen LogP contribution is -2.33. The summed E-state index contributed by atoms with van der Waals surface area (Å²) in [4.78, 5) is 22.8. The number of aliphatic hydroxyl groups is 1. The largest absolute Gasteiger partial charge is 0.489 e. The number of ether oxygens (including phenoxy) is 1. The smallest absolute Gasteiger partial charge is 0.278 e. The highest BCUT2D eigenvalue weighted by molar-refractivity contribution is 6.09. The Hall–Kier alpha value is -2.47. The molecule has 2 aromatic rings. The van der Waals surface area contributed by atoms with Crippen LogP contribution in [0.5, 0.6) is 5.75 Å². The number of nitro benzene ring substituents is 1. The molecule has 0 amide bonds. The summed E-state index contributed by atoms with van der Waals surface area (Å²) in [5.74, 6) is 0.00678. The molecule has 0 radical (unpaired) electrons. The maximum Gasteiger partial charge on any atom is 0.278 e. The van der Waals surface area contributed by atoms with Gasteiger partial charge in [-0.15, -0.1) is 0 Å². The van der Waals surface area contributed by atoms with Crippen LogP contribution in [0.4, 0.5) is 5.69 Å². The molecule has 3 rings (SSSR count). The van der Waals surface area contributed by atoms with Gasteiger partial charge >= 0.3 is 0 Å². The van der Waals surface area contributed by atoms with Crippen LogP contribution < -0.4 is 4.74 Å². The van der Waals surface area contributed by atoms with Gasteiger partial charge in [0.2, 0.25) is 0 Å². The van der Waals surface area contributed by atoms with E-state index in [9.17, 15) is 20.0 Å². The van der Waals surface area contributed by atoms with E-state index in [1.165, 1.54) is 13.0 Å². The molecule has 1 aliphatic rings. The second kappa shape index (κ2) is 4.51. The number of Topliss-reactive ketones (excluding diaryl/α,β-unsaturated/α-hetero) is 1. The van der Waals surface area contributed by atoms with Crippen LogP contribution in [0.3, 0.4) is 0 Å². The third-order valence-corrected chi connectivity index (χ3v) is 4.08. The van der Waals surface area contributed by atoms with Crippen LogP contribution >= 0.6 is 0 Å². The topological polar surface area (TPSA) is 89.7 Å². The van der Waals surface area contributed by atoms with Gasteiger partial charge in [-0.1, -0.05) is 12.1 Å². The second-order valence-electron chi connectivity index (χ2n) is 5.83. The number of nitro groups is 1. The third-order valence-electron chi connectivity index (χ3n) is 4.08. The fraction of sp³-hybridized carbons (Fsp3) is 0.312. The summed E-state index contributed by atoms with van der Waals surface area (Å²) in [7, 11) is 0. The van der Waals surface area contributed by atoms with E-state index in [4.69, 9.17) is 4.74 Å². The van der Waals surface area contributed by atoms with Gasteiger partial charge in [0.05, 0.1) is 15.9 Å². The van der Waals surface area contributed by atoms with E-state index in [1.54, 1.807) is 26.0 Å². The summed E-state index contributed by atoms with van der Waals surface area (Å²) in [5.41, 5.74) is -0.00260. The highest BCUT2D eigenvalue weighted by Gasteiger charge is 2.36. The number of hydrogen-bond acceptors (Lipinski definition) is 5. The molecule has 114 valence electrons. The predicted molar refractivity (Wildman–Crippen MR) is 80.4 cm³/mol. The predicted octanol–water partition coefficient (Wildman–Crippen LogP) is 2.86. The zero-order valence-corrected chi connectivity index (χ0v) is 12.5. The lowest BCUT2D eigenvalue weighted by molar-refractivity contribution is -0.383. The highest BCUT2D eigenvalue weighted by Crippen LogP contribution is 2.46. The highest BCUT2D eigenvalue weighted by atomic mass is 16.6. The first-order chi connectivity index (χ1) is 10.2.